The molecule has 2 aromatic rings. The molecule has 2 fully saturated rings. The second kappa shape index (κ2) is 5.63. The molecule has 3 heterocycles. The van der Waals surface area contributed by atoms with Gasteiger partial charge in [-0.2, -0.15) is 5.10 Å². The Balaban J connectivity index is 1.53. The third-order valence-corrected chi connectivity index (χ3v) is 5.54. The number of likely N-dealkylation sites (tertiary alicyclic amines) is 1. The van der Waals surface area contributed by atoms with E-state index in [0.717, 1.165) is 18.7 Å². The second-order valence-electron chi connectivity index (χ2n) is 6.85. The summed E-state index contributed by atoms with van der Waals surface area (Å²) in [6, 6.07) is 1.92. The van der Waals surface area contributed by atoms with Crippen LogP contribution in [-0.2, 0) is 11.3 Å². The third kappa shape index (κ3) is 2.32. The Labute approximate surface area is 131 Å². The van der Waals surface area contributed by atoms with Crippen LogP contribution in [0.25, 0.3) is 5.65 Å². The van der Waals surface area contributed by atoms with Crippen molar-refractivity contribution < 1.29 is 4.74 Å². The van der Waals surface area contributed by atoms with E-state index in [2.05, 4.69) is 15.0 Å². The van der Waals surface area contributed by atoms with E-state index in [4.69, 9.17) is 4.74 Å². The zero-order valence-corrected chi connectivity index (χ0v) is 13.2. The number of hydrogen-bond donors (Lipinski definition) is 0. The van der Waals surface area contributed by atoms with Crippen molar-refractivity contribution in [3.05, 3.63) is 30.2 Å². The first-order valence-corrected chi connectivity index (χ1v) is 8.33. The topological polar surface area (TPSA) is 42.7 Å². The van der Waals surface area contributed by atoms with Crippen molar-refractivity contribution in [1.29, 1.82) is 0 Å². The SMILES string of the molecule is CO[C@@H]1CCC[C@@]12CCCN(Cc1cnn3cccnc13)C2. The van der Waals surface area contributed by atoms with Gasteiger partial charge in [-0.25, -0.2) is 9.50 Å². The molecule has 0 aromatic carbocycles. The molecule has 0 radical (unpaired) electrons. The molecule has 118 valence electrons. The summed E-state index contributed by atoms with van der Waals surface area (Å²) in [6.45, 7) is 3.26. The average molecular weight is 300 g/mol. The second-order valence-corrected chi connectivity index (χ2v) is 6.85. The lowest BCUT2D eigenvalue weighted by molar-refractivity contribution is -0.0365. The molecule has 2 aliphatic rings. The molecule has 5 heteroatoms. The summed E-state index contributed by atoms with van der Waals surface area (Å²) in [5.74, 6) is 0. The van der Waals surface area contributed by atoms with Gasteiger partial charge in [0.1, 0.15) is 0 Å². The molecule has 1 spiro atoms. The summed E-state index contributed by atoms with van der Waals surface area (Å²) in [5, 5.41) is 4.41. The van der Waals surface area contributed by atoms with Crippen LogP contribution in [0.1, 0.15) is 37.7 Å². The van der Waals surface area contributed by atoms with Gasteiger partial charge in [0.25, 0.3) is 0 Å². The Kier molecular flexibility index (Phi) is 3.62. The molecule has 1 saturated carbocycles. The Hall–Kier alpha value is -1.46. The van der Waals surface area contributed by atoms with Crippen molar-refractivity contribution in [2.24, 2.45) is 5.41 Å². The highest BCUT2D eigenvalue weighted by molar-refractivity contribution is 5.45. The number of rotatable bonds is 3. The standard InChI is InChI=1S/C17H24N4O/c1-22-15-5-2-6-17(15)7-3-9-20(13-17)12-14-11-19-21-10-4-8-18-16(14)21/h4,8,10-11,15H,2-3,5-7,9,12-13H2,1H3/t15-,17+/m1/s1. The number of nitrogens with zero attached hydrogens (tertiary/aromatic N) is 4. The number of methoxy groups -OCH3 is 1. The van der Waals surface area contributed by atoms with E-state index in [1.54, 1.807) is 0 Å². The molecule has 0 unspecified atom stereocenters. The summed E-state index contributed by atoms with van der Waals surface area (Å²) in [7, 11) is 1.88. The normalized spacial score (nSPS) is 29.6. The largest absolute Gasteiger partial charge is 0.381 e. The van der Waals surface area contributed by atoms with Gasteiger partial charge < -0.3 is 4.74 Å². The first-order chi connectivity index (χ1) is 10.8. The van der Waals surface area contributed by atoms with Crippen LogP contribution in [0.3, 0.4) is 0 Å². The molecule has 1 aliphatic heterocycles. The predicted molar refractivity (Wildman–Crippen MR) is 84.6 cm³/mol. The fraction of sp³-hybridized carbons (Fsp3) is 0.647. The molecule has 5 nitrogen and oxygen atoms in total. The zero-order chi connectivity index (χ0) is 15.0. The van der Waals surface area contributed by atoms with Crippen molar-refractivity contribution in [2.45, 2.75) is 44.8 Å². The smallest absolute Gasteiger partial charge is 0.159 e. The van der Waals surface area contributed by atoms with E-state index in [1.165, 1.54) is 44.2 Å². The van der Waals surface area contributed by atoms with Crippen LogP contribution in [0.5, 0.6) is 0 Å². The molecule has 2 aromatic heterocycles. The van der Waals surface area contributed by atoms with Gasteiger partial charge >= 0.3 is 0 Å². The molecule has 2 atom stereocenters. The minimum Gasteiger partial charge on any atom is -0.381 e. The summed E-state index contributed by atoms with van der Waals surface area (Å²) < 4.78 is 7.67. The van der Waals surface area contributed by atoms with Crippen molar-refractivity contribution in [2.75, 3.05) is 20.2 Å². The minimum absolute atomic E-state index is 0.378. The van der Waals surface area contributed by atoms with Gasteiger partial charge in [0, 0.05) is 43.6 Å². The van der Waals surface area contributed by atoms with Gasteiger partial charge in [-0.3, -0.25) is 4.90 Å². The number of hydrogen-bond acceptors (Lipinski definition) is 4. The van der Waals surface area contributed by atoms with Gasteiger partial charge in [-0.15, -0.1) is 0 Å². The van der Waals surface area contributed by atoms with E-state index in [1.807, 2.05) is 36.3 Å². The van der Waals surface area contributed by atoms with E-state index in [9.17, 15) is 0 Å². The van der Waals surface area contributed by atoms with E-state index in [0.29, 0.717) is 11.5 Å². The summed E-state index contributed by atoms with van der Waals surface area (Å²) in [4.78, 5) is 7.05. The van der Waals surface area contributed by atoms with Crippen LogP contribution in [0.15, 0.2) is 24.7 Å². The first-order valence-electron chi connectivity index (χ1n) is 8.33. The summed E-state index contributed by atoms with van der Waals surface area (Å²) in [6.07, 6.45) is 12.6. The van der Waals surface area contributed by atoms with Gasteiger partial charge in [0.2, 0.25) is 0 Å². The molecule has 4 rings (SSSR count). The maximum atomic E-state index is 5.80. The van der Waals surface area contributed by atoms with E-state index < -0.39 is 0 Å². The van der Waals surface area contributed by atoms with Crippen LogP contribution >= 0.6 is 0 Å². The highest BCUT2D eigenvalue weighted by atomic mass is 16.5. The van der Waals surface area contributed by atoms with Crippen molar-refractivity contribution in [3.63, 3.8) is 0 Å². The van der Waals surface area contributed by atoms with Crippen LogP contribution < -0.4 is 0 Å². The molecule has 22 heavy (non-hydrogen) atoms. The molecule has 0 amide bonds. The minimum atomic E-state index is 0.378. The quantitative estimate of drug-likeness (QED) is 0.873. The molecule has 0 N–H and O–H groups in total. The predicted octanol–water partition coefficient (Wildman–Crippen LogP) is 2.51. The zero-order valence-electron chi connectivity index (χ0n) is 13.2. The number of ether oxygens (including phenoxy) is 1. The fourth-order valence-electron chi connectivity index (χ4n) is 4.56. The van der Waals surface area contributed by atoms with Crippen LogP contribution in [0.2, 0.25) is 0 Å². The van der Waals surface area contributed by atoms with E-state index in [-0.39, 0.29) is 0 Å². The van der Waals surface area contributed by atoms with Gasteiger partial charge in [-0.05, 0) is 38.3 Å². The maximum Gasteiger partial charge on any atom is 0.159 e. The average Bonchev–Trinajstić information content (AvgIpc) is 3.12. The Morgan fingerprint density at radius 2 is 2.27 bits per heavy atom. The Morgan fingerprint density at radius 1 is 1.36 bits per heavy atom. The fourth-order valence-corrected chi connectivity index (χ4v) is 4.56. The lowest BCUT2D eigenvalue weighted by Crippen LogP contribution is -2.47. The molecule has 1 saturated heterocycles. The van der Waals surface area contributed by atoms with Gasteiger partial charge in [0.05, 0.1) is 12.3 Å². The maximum absolute atomic E-state index is 5.80. The molecular weight excluding hydrogens is 276 g/mol. The monoisotopic (exact) mass is 300 g/mol. The van der Waals surface area contributed by atoms with Gasteiger partial charge in [0.15, 0.2) is 5.65 Å². The van der Waals surface area contributed by atoms with Gasteiger partial charge in [-0.1, -0.05) is 6.42 Å². The Morgan fingerprint density at radius 3 is 3.18 bits per heavy atom. The molecular formula is C17H24N4O. The highest BCUT2D eigenvalue weighted by Gasteiger charge is 2.45. The van der Waals surface area contributed by atoms with Crippen LogP contribution in [0.4, 0.5) is 0 Å². The molecule has 0 bridgehead atoms. The van der Waals surface area contributed by atoms with Crippen molar-refractivity contribution >= 4 is 5.65 Å². The van der Waals surface area contributed by atoms with E-state index >= 15 is 0 Å². The van der Waals surface area contributed by atoms with Crippen molar-refractivity contribution in [1.82, 2.24) is 19.5 Å². The summed E-state index contributed by atoms with van der Waals surface area (Å²) >= 11 is 0. The summed E-state index contributed by atoms with van der Waals surface area (Å²) in [5.41, 5.74) is 2.59. The number of piperidine rings is 1. The highest BCUT2D eigenvalue weighted by Crippen LogP contribution is 2.46. The molecule has 1 aliphatic carbocycles. The third-order valence-electron chi connectivity index (χ3n) is 5.54. The van der Waals surface area contributed by atoms with Crippen LogP contribution in [-0.4, -0.2) is 45.8 Å². The number of aromatic nitrogens is 3. The van der Waals surface area contributed by atoms with Crippen molar-refractivity contribution in [3.8, 4) is 0 Å². The number of fused-ring (bicyclic) bond motifs is 1. The lowest BCUT2D eigenvalue weighted by atomic mass is 9.76. The van der Waals surface area contributed by atoms with Crippen LogP contribution in [0, 0.1) is 5.41 Å². The first kappa shape index (κ1) is 14.2. The Bertz CT molecular complexity index is 655. The lowest BCUT2D eigenvalue weighted by Gasteiger charge is -2.43.